The molecule has 4 aromatic heterocycles. The number of pyridine rings is 1. The van der Waals surface area contributed by atoms with E-state index in [0.717, 1.165) is 31.8 Å². The van der Waals surface area contributed by atoms with Gasteiger partial charge < -0.3 is 10.1 Å². The van der Waals surface area contributed by atoms with E-state index < -0.39 is 23.3 Å². The van der Waals surface area contributed by atoms with Crippen LogP contribution in [0.15, 0.2) is 28.0 Å². The van der Waals surface area contributed by atoms with Gasteiger partial charge in [-0.25, -0.2) is 9.86 Å². The third-order valence-corrected chi connectivity index (χ3v) is 7.50. The van der Waals surface area contributed by atoms with E-state index in [1.165, 1.54) is 18.4 Å². The van der Waals surface area contributed by atoms with Gasteiger partial charge in [0.2, 0.25) is 0 Å². The number of hydroxylamine groups is 2. The quantitative estimate of drug-likeness (QED) is 0.435. The zero-order chi connectivity index (χ0) is 25.0. The number of aryl methyl sites for hydroxylation is 1. The Bertz CT molecular complexity index is 1580. The highest BCUT2D eigenvalue weighted by molar-refractivity contribution is 7.19. The fourth-order valence-electron chi connectivity index (χ4n) is 4.60. The Morgan fingerprint density at radius 1 is 1.37 bits per heavy atom. The van der Waals surface area contributed by atoms with Crippen LogP contribution < -0.4 is 11.2 Å². The van der Waals surface area contributed by atoms with Gasteiger partial charge in [0.15, 0.2) is 0 Å². The van der Waals surface area contributed by atoms with Crippen molar-refractivity contribution in [2.75, 3.05) is 13.2 Å². The number of nitrogens with one attached hydrogen (secondary N) is 1. The number of amides is 1. The summed E-state index contributed by atoms with van der Waals surface area (Å²) in [5.41, 5.74) is 2.11. The van der Waals surface area contributed by atoms with Crippen LogP contribution in [0.4, 0.5) is 0 Å². The highest BCUT2D eigenvalue weighted by atomic mass is 32.1. The first-order valence-electron chi connectivity index (χ1n) is 11.5. The molecule has 0 bridgehead atoms. The minimum atomic E-state index is -0.795. The second-order valence-electron chi connectivity index (χ2n) is 9.37. The van der Waals surface area contributed by atoms with Crippen LogP contribution >= 0.6 is 11.3 Å². The first-order valence-corrected chi connectivity index (χ1v) is 12.3. The average molecular weight is 498 g/mol. The summed E-state index contributed by atoms with van der Waals surface area (Å²) >= 11 is 1.28. The zero-order valence-corrected chi connectivity index (χ0v) is 20.8. The Kier molecular flexibility index (Phi) is 5.86. The van der Waals surface area contributed by atoms with Crippen molar-refractivity contribution in [1.29, 1.82) is 0 Å². The molecule has 1 unspecified atom stereocenters. The standard InChI is InChI=1S/C24H27N5O5S/c1-12(2)9-28-23-20(21(31)27(4)24(28)33)19(22(32)29-10-14(30)11-34-29)18(35-23)7-15-13(3)26-17-5-6-25-8-16(15)17/h5-6,8,12,14,26,30H,7,9-11H2,1-4H3. The summed E-state index contributed by atoms with van der Waals surface area (Å²) in [5, 5.41) is 12.2. The molecule has 1 aliphatic heterocycles. The van der Waals surface area contributed by atoms with Crippen LogP contribution in [-0.4, -0.2) is 54.4 Å². The van der Waals surface area contributed by atoms with E-state index >= 15 is 0 Å². The lowest BCUT2D eigenvalue weighted by Crippen LogP contribution is -2.39. The summed E-state index contributed by atoms with van der Waals surface area (Å²) in [7, 11) is 1.43. The van der Waals surface area contributed by atoms with E-state index in [9.17, 15) is 19.5 Å². The molecule has 1 atom stereocenters. The van der Waals surface area contributed by atoms with Crippen molar-refractivity contribution in [2.45, 2.75) is 39.8 Å². The third kappa shape index (κ3) is 3.89. The molecule has 1 amide bonds. The predicted molar refractivity (Wildman–Crippen MR) is 133 cm³/mol. The normalized spacial score (nSPS) is 16.3. The van der Waals surface area contributed by atoms with Crippen LogP contribution in [0.25, 0.3) is 21.1 Å². The Balaban J connectivity index is 1.78. The molecule has 0 saturated carbocycles. The van der Waals surface area contributed by atoms with Crippen LogP contribution in [0.1, 0.15) is 40.3 Å². The number of rotatable bonds is 5. The molecule has 0 spiro atoms. The van der Waals surface area contributed by atoms with Gasteiger partial charge in [0.05, 0.1) is 17.5 Å². The monoisotopic (exact) mass is 497 g/mol. The number of carbonyl (C=O) groups excluding carboxylic acids is 1. The van der Waals surface area contributed by atoms with Crippen LogP contribution in [0.5, 0.6) is 0 Å². The van der Waals surface area contributed by atoms with Gasteiger partial charge in [-0.3, -0.25) is 28.5 Å². The lowest BCUT2D eigenvalue weighted by atomic mass is 10.0. The number of carbonyl (C=O) groups is 1. The van der Waals surface area contributed by atoms with Crippen LogP contribution in [-0.2, 0) is 24.9 Å². The molecule has 5 rings (SSSR count). The number of aliphatic hydroxyl groups excluding tert-OH is 1. The average Bonchev–Trinajstić information content (AvgIpc) is 3.50. The number of hydrogen-bond acceptors (Lipinski definition) is 7. The van der Waals surface area contributed by atoms with Crippen molar-refractivity contribution in [1.82, 2.24) is 24.2 Å². The maximum atomic E-state index is 13.7. The van der Waals surface area contributed by atoms with Gasteiger partial charge in [-0.1, -0.05) is 13.8 Å². The molecule has 0 aromatic carbocycles. The minimum absolute atomic E-state index is 0.00639. The lowest BCUT2D eigenvalue weighted by molar-refractivity contribution is -0.0778. The van der Waals surface area contributed by atoms with Crippen LogP contribution in [0.3, 0.4) is 0 Å². The third-order valence-electron chi connectivity index (χ3n) is 6.29. The molecular weight excluding hydrogens is 470 g/mol. The molecular formula is C24H27N5O5S. The van der Waals surface area contributed by atoms with E-state index in [1.54, 1.807) is 17.0 Å². The topological polar surface area (TPSA) is 122 Å². The Morgan fingerprint density at radius 2 is 2.14 bits per heavy atom. The van der Waals surface area contributed by atoms with Gasteiger partial charge in [-0.2, -0.15) is 0 Å². The van der Waals surface area contributed by atoms with Crippen molar-refractivity contribution in [3.05, 3.63) is 61.0 Å². The lowest BCUT2D eigenvalue weighted by Gasteiger charge is -2.15. The van der Waals surface area contributed by atoms with E-state index in [4.69, 9.17) is 4.84 Å². The molecule has 4 aromatic rings. The van der Waals surface area contributed by atoms with Gasteiger partial charge in [0.25, 0.3) is 11.5 Å². The largest absolute Gasteiger partial charge is 0.389 e. The van der Waals surface area contributed by atoms with Crippen molar-refractivity contribution in [2.24, 2.45) is 13.0 Å². The second kappa shape index (κ2) is 8.74. The predicted octanol–water partition coefficient (Wildman–Crippen LogP) is 1.94. The summed E-state index contributed by atoms with van der Waals surface area (Å²) in [6.07, 6.45) is 3.06. The summed E-state index contributed by atoms with van der Waals surface area (Å²) < 4.78 is 2.63. The van der Waals surface area contributed by atoms with Gasteiger partial charge in [-0.15, -0.1) is 11.3 Å². The fraction of sp³-hybridized carbons (Fsp3) is 0.417. The highest BCUT2D eigenvalue weighted by Crippen LogP contribution is 2.34. The van der Waals surface area contributed by atoms with E-state index in [0.29, 0.717) is 22.7 Å². The smallest absolute Gasteiger partial charge is 0.331 e. The highest BCUT2D eigenvalue weighted by Gasteiger charge is 2.33. The van der Waals surface area contributed by atoms with Gasteiger partial charge in [-0.05, 0) is 24.5 Å². The van der Waals surface area contributed by atoms with Gasteiger partial charge in [0.1, 0.15) is 17.5 Å². The van der Waals surface area contributed by atoms with E-state index in [-0.39, 0.29) is 30.0 Å². The molecule has 184 valence electrons. The summed E-state index contributed by atoms with van der Waals surface area (Å²) in [6, 6.07) is 1.89. The SMILES string of the molecule is Cc1[nH]c2ccncc2c1Cc1sc2c(c1C(=O)N1CC(O)CO1)c(=O)n(C)c(=O)n2CC(C)C. The van der Waals surface area contributed by atoms with Gasteiger partial charge >= 0.3 is 5.69 Å². The fourth-order valence-corrected chi connectivity index (χ4v) is 5.90. The number of nitrogens with zero attached hydrogens (tertiary/aromatic N) is 4. The maximum absolute atomic E-state index is 13.7. The molecule has 5 heterocycles. The molecule has 11 heteroatoms. The van der Waals surface area contributed by atoms with Crippen molar-refractivity contribution < 1.29 is 14.7 Å². The first-order chi connectivity index (χ1) is 16.7. The Hall–Kier alpha value is -3.28. The molecule has 1 fully saturated rings. The number of aliphatic hydroxyl groups is 1. The summed E-state index contributed by atoms with van der Waals surface area (Å²) in [5.74, 6) is -0.345. The molecule has 1 aliphatic rings. The number of aromatic amines is 1. The second-order valence-corrected chi connectivity index (χ2v) is 10.5. The maximum Gasteiger partial charge on any atom is 0.331 e. The molecule has 0 radical (unpaired) electrons. The summed E-state index contributed by atoms with van der Waals surface area (Å²) in [6.45, 7) is 6.37. The number of thiophene rings is 1. The molecule has 1 saturated heterocycles. The van der Waals surface area contributed by atoms with Crippen molar-refractivity contribution in [3.8, 4) is 0 Å². The number of fused-ring (bicyclic) bond motifs is 2. The first kappa shape index (κ1) is 23.5. The number of aromatic nitrogens is 4. The minimum Gasteiger partial charge on any atom is -0.389 e. The summed E-state index contributed by atoms with van der Waals surface area (Å²) in [4.78, 5) is 54.2. The molecule has 35 heavy (non-hydrogen) atoms. The molecule has 0 aliphatic carbocycles. The van der Waals surface area contributed by atoms with Crippen molar-refractivity contribution in [3.63, 3.8) is 0 Å². The van der Waals surface area contributed by atoms with Crippen molar-refractivity contribution >= 4 is 38.4 Å². The Morgan fingerprint density at radius 3 is 2.83 bits per heavy atom. The van der Waals surface area contributed by atoms with Crippen LogP contribution in [0, 0.1) is 12.8 Å². The number of hydrogen-bond donors (Lipinski definition) is 2. The van der Waals surface area contributed by atoms with E-state index in [2.05, 4.69) is 9.97 Å². The zero-order valence-electron chi connectivity index (χ0n) is 20.0. The van der Waals surface area contributed by atoms with E-state index in [1.807, 2.05) is 26.8 Å². The van der Waals surface area contributed by atoms with Crippen LogP contribution in [0.2, 0.25) is 0 Å². The molecule has 2 N–H and O–H groups in total. The molecule has 10 nitrogen and oxygen atoms in total. The number of H-pyrrole nitrogens is 1. The number of β-amino-alcohol motifs (C(OH)–C–C–N with tert-alkyl or cyclic N) is 1. The van der Waals surface area contributed by atoms with Gasteiger partial charge in [0, 0.05) is 53.9 Å². The Labute approximate surface area is 204 Å².